The molecule has 0 saturated heterocycles. The highest BCUT2D eigenvalue weighted by molar-refractivity contribution is 7.93. The van der Waals surface area contributed by atoms with Gasteiger partial charge in [-0.15, -0.1) is 11.3 Å². The highest BCUT2D eigenvalue weighted by Gasteiger charge is 2.31. The van der Waals surface area contributed by atoms with Crippen molar-refractivity contribution in [1.29, 1.82) is 5.26 Å². The van der Waals surface area contributed by atoms with Gasteiger partial charge in [-0.25, -0.2) is 22.1 Å². The summed E-state index contributed by atoms with van der Waals surface area (Å²) in [6, 6.07) is 16.1. The Balaban J connectivity index is 1.68. The fraction of sp³-hybridized carbons (Fsp3) is 0.154. The first-order valence-corrected chi connectivity index (χ1v) is 13.8. The average Bonchev–Trinajstić information content (AvgIpc) is 3.46. The Labute approximate surface area is 228 Å². The molecule has 1 heterocycles. The standard InChI is InChI=1S/C26H22ClFN4O4S2/c1-35-20-8-7-19(24(11-20)36-2)16-32(26-30-9-10-37-26)38(33,34)25-12-21(27)23(13-22(25)28)31-15-18-6-4-3-5-17(18)14-29/h3-13,31H,15-16H2,1-2H3. The van der Waals surface area contributed by atoms with Crippen molar-refractivity contribution in [2.75, 3.05) is 23.8 Å². The maximum Gasteiger partial charge on any atom is 0.269 e. The number of benzene rings is 3. The minimum absolute atomic E-state index is 0.000491. The van der Waals surface area contributed by atoms with E-state index >= 15 is 4.39 Å². The van der Waals surface area contributed by atoms with Gasteiger partial charge in [-0.2, -0.15) is 5.26 Å². The molecule has 0 bridgehead atoms. The summed E-state index contributed by atoms with van der Waals surface area (Å²) < 4.78 is 54.6. The first-order valence-electron chi connectivity index (χ1n) is 11.1. The summed E-state index contributed by atoms with van der Waals surface area (Å²) in [7, 11) is -1.48. The zero-order valence-electron chi connectivity index (χ0n) is 20.3. The largest absolute Gasteiger partial charge is 0.497 e. The topological polar surface area (TPSA) is 105 Å². The summed E-state index contributed by atoms with van der Waals surface area (Å²) in [4.78, 5) is 3.54. The van der Waals surface area contributed by atoms with E-state index in [1.807, 2.05) is 0 Å². The number of thiazole rings is 1. The van der Waals surface area contributed by atoms with Crippen molar-refractivity contribution in [1.82, 2.24) is 4.98 Å². The normalized spacial score (nSPS) is 11.0. The Morgan fingerprint density at radius 1 is 1.13 bits per heavy atom. The molecular formula is C26H22ClFN4O4S2. The van der Waals surface area contributed by atoms with Crippen LogP contribution in [0.5, 0.6) is 11.5 Å². The van der Waals surface area contributed by atoms with Gasteiger partial charge in [-0.05, 0) is 35.9 Å². The van der Waals surface area contributed by atoms with Crippen LogP contribution >= 0.6 is 22.9 Å². The summed E-state index contributed by atoms with van der Waals surface area (Å²) >= 11 is 7.49. The predicted molar refractivity (Wildman–Crippen MR) is 145 cm³/mol. The molecule has 12 heteroatoms. The quantitative estimate of drug-likeness (QED) is 0.255. The second-order valence-electron chi connectivity index (χ2n) is 7.89. The first kappa shape index (κ1) is 27.2. The lowest BCUT2D eigenvalue weighted by molar-refractivity contribution is 0.391. The van der Waals surface area contributed by atoms with Gasteiger partial charge in [0.05, 0.1) is 43.1 Å². The van der Waals surface area contributed by atoms with Crippen molar-refractivity contribution in [2.24, 2.45) is 0 Å². The predicted octanol–water partition coefficient (Wildman–Crippen LogP) is 5.83. The molecule has 1 N–H and O–H groups in total. The molecule has 0 unspecified atom stereocenters. The Morgan fingerprint density at radius 3 is 2.61 bits per heavy atom. The highest BCUT2D eigenvalue weighted by atomic mass is 35.5. The van der Waals surface area contributed by atoms with Gasteiger partial charge in [-0.3, -0.25) is 0 Å². The van der Waals surface area contributed by atoms with Gasteiger partial charge in [0, 0.05) is 29.8 Å². The molecule has 8 nitrogen and oxygen atoms in total. The smallest absolute Gasteiger partial charge is 0.269 e. The van der Waals surface area contributed by atoms with E-state index < -0.39 is 20.7 Å². The van der Waals surface area contributed by atoms with Gasteiger partial charge in [0.15, 0.2) is 5.13 Å². The lowest BCUT2D eigenvalue weighted by Crippen LogP contribution is -2.31. The lowest BCUT2D eigenvalue weighted by Gasteiger charge is -2.23. The zero-order valence-corrected chi connectivity index (χ0v) is 22.7. The van der Waals surface area contributed by atoms with Gasteiger partial charge >= 0.3 is 0 Å². The van der Waals surface area contributed by atoms with Gasteiger partial charge in [-0.1, -0.05) is 29.8 Å². The molecule has 3 aromatic carbocycles. The molecular weight excluding hydrogens is 551 g/mol. The fourth-order valence-electron chi connectivity index (χ4n) is 3.69. The van der Waals surface area contributed by atoms with Gasteiger partial charge < -0.3 is 14.8 Å². The molecule has 196 valence electrons. The monoisotopic (exact) mass is 572 g/mol. The Kier molecular flexibility index (Phi) is 8.36. The first-order chi connectivity index (χ1) is 18.3. The lowest BCUT2D eigenvalue weighted by atomic mass is 10.1. The van der Waals surface area contributed by atoms with Crippen molar-refractivity contribution in [3.05, 3.63) is 93.7 Å². The van der Waals surface area contributed by atoms with Gasteiger partial charge in [0.2, 0.25) is 0 Å². The van der Waals surface area contributed by atoms with Gasteiger partial charge in [0.1, 0.15) is 22.2 Å². The molecule has 0 saturated carbocycles. The molecule has 0 aliphatic rings. The van der Waals surface area contributed by atoms with E-state index in [4.69, 9.17) is 21.1 Å². The van der Waals surface area contributed by atoms with E-state index in [1.54, 1.807) is 47.8 Å². The number of aromatic nitrogens is 1. The van der Waals surface area contributed by atoms with Crippen LogP contribution in [0, 0.1) is 17.1 Å². The molecule has 4 rings (SSSR count). The van der Waals surface area contributed by atoms with E-state index in [1.165, 1.54) is 20.4 Å². The van der Waals surface area contributed by atoms with Crippen LogP contribution in [0.4, 0.5) is 15.2 Å². The zero-order chi connectivity index (χ0) is 27.3. The van der Waals surface area contributed by atoms with Crippen molar-refractivity contribution in [3.8, 4) is 17.6 Å². The fourth-order valence-corrected chi connectivity index (χ4v) is 6.32. The summed E-state index contributed by atoms with van der Waals surface area (Å²) in [6.45, 7) is 0.0164. The minimum Gasteiger partial charge on any atom is -0.497 e. The highest BCUT2D eigenvalue weighted by Crippen LogP contribution is 2.35. The van der Waals surface area contributed by atoms with Crippen LogP contribution in [-0.4, -0.2) is 27.6 Å². The Hall–Kier alpha value is -3.85. The third-order valence-electron chi connectivity index (χ3n) is 5.64. The maximum atomic E-state index is 15.4. The molecule has 0 radical (unpaired) electrons. The number of hydrogen-bond acceptors (Lipinski definition) is 8. The van der Waals surface area contributed by atoms with E-state index in [-0.39, 0.29) is 28.9 Å². The van der Waals surface area contributed by atoms with Crippen molar-refractivity contribution < 1.29 is 22.3 Å². The maximum absolute atomic E-state index is 15.4. The van der Waals surface area contributed by atoms with Crippen LogP contribution in [0.1, 0.15) is 16.7 Å². The molecule has 0 aliphatic heterocycles. The number of methoxy groups -OCH3 is 2. The second kappa shape index (κ2) is 11.7. The van der Waals surface area contributed by atoms with Gasteiger partial charge in [0.25, 0.3) is 10.0 Å². The summed E-state index contributed by atoms with van der Waals surface area (Å²) in [5, 5.41) is 14.0. The molecule has 0 aliphatic carbocycles. The minimum atomic E-state index is -4.45. The van der Waals surface area contributed by atoms with Crippen LogP contribution in [0.25, 0.3) is 0 Å². The van der Waals surface area contributed by atoms with E-state index in [9.17, 15) is 13.7 Å². The third kappa shape index (κ3) is 5.67. The Bertz CT molecular complexity index is 1590. The molecule has 0 amide bonds. The van der Waals surface area contributed by atoms with Crippen LogP contribution < -0.4 is 19.1 Å². The summed E-state index contributed by atoms with van der Waals surface area (Å²) in [6.07, 6.45) is 1.46. The van der Waals surface area contributed by atoms with Crippen molar-refractivity contribution in [2.45, 2.75) is 18.0 Å². The molecule has 0 atom stereocenters. The van der Waals surface area contributed by atoms with E-state index in [2.05, 4.69) is 16.4 Å². The Morgan fingerprint density at radius 2 is 1.92 bits per heavy atom. The van der Waals surface area contributed by atoms with E-state index in [0.29, 0.717) is 28.2 Å². The molecule has 0 spiro atoms. The number of rotatable bonds is 10. The van der Waals surface area contributed by atoms with Crippen LogP contribution in [0.2, 0.25) is 5.02 Å². The number of halogens is 2. The van der Waals surface area contributed by atoms with Crippen molar-refractivity contribution in [3.63, 3.8) is 0 Å². The number of sulfonamides is 1. The number of hydrogen-bond donors (Lipinski definition) is 1. The SMILES string of the molecule is COc1ccc(CN(c2nccs2)S(=O)(=O)c2cc(Cl)c(NCc3ccccc3C#N)cc2F)c(OC)c1. The second-order valence-corrected chi connectivity index (χ2v) is 11.0. The molecule has 0 fully saturated rings. The summed E-state index contributed by atoms with van der Waals surface area (Å²) in [5.74, 6) is -0.0573. The van der Waals surface area contributed by atoms with Crippen molar-refractivity contribution >= 4 is 43.8 Å². The third-order valence-corrected chi connectivity index (χ3v) is 8.61. The van der Waals surface area contributed by atoms with Crippen LogP contribution in [-0.2, 0) is 23.1 Å². The number of nitrogens with zero attached hydrogens (tertiary/aromatic N) is 3. The number of anilines is 2. The average molecular weight is 573 g/mol. The van der Waals surface area contributed by atoms with E-state index in [0.717, 1.165) is 27.8 Å². The molecule has 4 aromatic rings. The molecule has 38 heavy (non-hydrogen) atoms. The number of nitrogens with one attached hydrogen (secondary N) is 1. The number of ether oxygens (including phenoxy) is 2. The number of nitriles is 1. The van der Waals surface area contributed by atoms with Crippen LogP contribution in [0.15, 0.2) is 71.1 Å². The molecule has 1 aromatic heterocycles. The summed E-state index contributed by atoms with van der Waals surface area (Å²) in [5.41, 5.74) is 1.86. The van der Waals surface area contributed by atoms with Crippen LogP contribution in [0.3, 0.4) is 0 Å².